The summed E-state index contributed by atoms with van der Waals surface area (Å²) in [5.41, 5.74) is 1.84. The van der Waals surface area contributed by atoms with Crippen LogP contribution in [0.2, 0.25) is 0 Å². The van der Waals surface area contributed by atoms with Crippen LogP contribution < -0.4 is 10.5 Å². The zero-order chi connectivity index (χ0) is 17.4. The van der Waals surface area contributed by atoms with Crippen LogP contribution in [0.1, 0.15) is 18.2 Å². The third-order valence-electron chi connectivity index (χ3n) is 4.13. The summed E-state index contributed by atoms with van der Waals surface area (Å²) in [5.74, 6) is 0.169. The number of fused-ring (bicyclic) bond motifs is 2. The topological polar surface area (TPSA) is 50.5 Å². The van der Waals surface area contributed by atoms with Crippen LogP contribution in [0.25, 0.3) is 11.6 Å². The predicted molar refractivity (Wildman–Crippen MR) is 100 cm³/mol. The Labute approximate surface area is 149 Å². The van der Waals surface area contributed by atoms with Crippen molar-refractivity contribution in [2.75, 3.05) is 11.4 Å². The van der Waals surface area contributed by atoms with Gasteiger partial charge in [-0.1, -0.05) is 23.9 Å². The number of benzene rings is 1. The Hall–Kier alpha value is -2.79. The number of carbonyl (C=O) groups is 1. The predicted octanol–water partition coefficient (Wildman–Crippen LogP) is 4.09. The third-order valence-corrected chi connectivity index (χ3v) is 5.26. The standard InChI is InChI=1S/C20H15NO3S/c1-2-21-15-5-3-4-6-17(15)25-18(21)11-9-14-16(22)10-7-13-8-12-19(23)24-20(13)14/h3-12H,2H2,1H3/b14-9+,18-11-. The van der Waals surface area contributed by atoms with E-state index in [-0.39, 0.29) is 5.78 Å². The van der Waals surface area contributed by atoms with Crippen molar-refractivity contribution in [1.29, 1.82) is 0 Å². The fraction of sp³-hybridized carbons (Fsp3) is 0.100. The summed E-state index contributed by atoms with van der Waals surface area (Å²) in [6, 6.07) is 11.2. The van der Waals surface area contributed by atoms with Crippen molar-refractivity contribution < 1.29 is 9.21 Å². The van der Waals surface area contributed by atoms with E-state index in [1.807, 2.05) is 18.2 Å². The molecule has 0 N–H and O–H groups in total. The molecule has 124 valence electrons. The van der Waals surface area contributed by atoms with Gasteiger partial charge in [-0.25, -0.2) is 4.79 Å². The van der Waals surface area contributed by atoms with Gasteiger partial charge in [0.15, 0.2) is 5.78 Å². The van der Waals surface area contributed by atoms with E-state index in [9.17, 15) is 9.59 Å². The van der Waals surface area contributed by atoms with Gasteiger partial charge in [-0.3, -0.25) is 4.79 Å². The maximum Gasteiger partial charge on any atom is 0.336 e. The molecule has 2 heterocycles. The molecule has 0 bridgehead atoms. The molecule has 1 aromatic heterocycles. The van der Waals surface area contributed by atoms with Gasteiger partial charge in [0.2, 0.25) is 0 Å². The van der Waals surface area contributed by atoms with Crippen molar-refractivity contribution in [2.45, 2.75) is 11.8 Å². The van der Waals surface area contributed by atoms with Crippen molar-refractivity contribution in [1.82, 2.24) is 0 Å². The van der Waals surface area contributed by atoms with E-state index < -0.39 is 5.63 Å². The SMILES string of the molecule is CCN1/C(=C/C=C2\C(=O)C=Cc3ccc(=O)oc32)Sc2ccccc21. The first-order chi connectivity index (χ1) is 12.2. The van der Waals surface area contributed by atoms with Gasteiger partial charge in [0.05, 0.1) is 16.3 Å². The smallest absolute Gasteiger partial charge is 0.336 e. The lowest BCUT2D eigenvalue weighted by molar-refractivity contribution is -0.109. The Morgan fingerprint density at radius 3 is 2.76 bits per heavy atom. The van der Waals surface area contributed by atoms with Crippen LogP contribution in [-0.2, 0) is 4.79 Å². The molecule has 0 saturated heterocycles. The second-order valence-electron chi connectivity index (χ2n) is 5.64. The Morgan fingerprint density at radius 2 is 1.92 bits per heavy atom. The molecular formula is C20H15NO3S. The normalized spacial score (nSPS) is 18.8. The summed E-state index contributed by atoms with van der Waals surface area (Å²) in [6.45, 7) is 2.92. The largest absolute Gasteiger partial charge is 0.422 e. The van der Waals surface area contributed by atoms with Gasteiger partial charge in [0.25, 0.3) is 0 Å². The molecule has 0 radical (unpaired) electrons. The molecule has 0 spiro atoms. The average Bonchev–Trinajstić information content (AvgIpc) is 2.98. The molecule has 2 aliphatic rings. The second kappa shape index (κ2) is 6.26. The minimum absolute atomic E-state index is 0.165. The second-order valence-corrected chi connectivity index (χ2v) is 6.70. The molecule has 1 aliphatic carbocycles. The quantitative estimate of drug-likeness (QED) is 0.764. The Bertz CT molecular complexity index is 1010. The van der Waals surface area contributed by atoms with Crippen LogP contribution in [0.3, 0.4) is 0 Å². The molecule has 1 aromatic carbocycles. The molecule has 0 fully saturated rings. The maximum absolute atomic E-state index is 12.3. The maximum atomic E-state index is 12.3. The fourth-order valence-electron chi connectivity index (χ4n) is 2.95. The first kappa shape index (κ1) is 15.7. The van der Waals surface area contributed by atoms with Gasteiger partial charge in [0, 0.05) is 23.1 Å². The van der Waals surface area contributed by atoms with Gasteiger partial charge >= 0.3 is 5.63 Å². The molecular weight excluding hydrogens is 334 g/mol. The average molecular weight is 349 g/mol. The van der Waals surface area contributed by atoms with Gasteiger partial charge < -0.3 is 9.32 Å². The summed E-state index contributed by atoms with van der Waals surface area (Å²) in [5, 5.41) is 1.04. The van der Waals surface area contributed by atoms with Crippen LogP contribution in [-0.4, -0.2) is 12.3 Å². The van der Waals surface area contributed by atoms with Crippen LogP contribution >= 0.6 is 11.8 Å². The lowest BCUT2D eigenvalue weighted by Crippen LogP contribution is -2.16. The van der Waals surface area contributed by atoms with Gasteiger partial charge in [0.1, 0.15) is 5.76 Å². The number of carbonyl (C=O) groups excluding carboxylic acids is 1. The van der Waals surface area contributed by atoms with Crippen LogP contribution in [0, 0.1) is 0 Å². The molecule has 2 aromatic rings. The van der Waals surface area contributed by atoms with Crippen molar-refractivity contribution in [3.63, 3.8) is 0 Å². The number of para-hydroxylation sites is 1. The van der Waals surface area contributed by atoms with Gasteiger partial charge in [-0.15, -0.1) is 0 Å². The molecule has 0 saturated carbocycles. The van der Waals surface area contributed by atoms with E-state index in [2.05, 4.69) is 24.0 Å². The Balaban J connectivity index is 1.76. The summed E-state index contributed by atoms with van der Waals surface area (Å²) in [4.78, 5) is 27.2. The minimum Gasteiger partial charge on any atom is -0.422 e. The fourth-order valence-corrected chi connectivity index (χ4v) is 4.08. The number of nitrogens with zero attached hydrogens (tertiary/aromatic N) is 1. The number of allylic oxidation sites excluding steroid dienone is 4. The van der Waals surface area contributed by atoms with E-state index in [1.54, 1.807) is 30.0 Å². The van der Waals surface area contributed by atoms with Gasteiger partial charge in [-0.05, 0) is 49.4 Å². The van der Waals surface area contributed by atoms with E-state index >= 15 is 0 Å². The minimum atomic E-state index is -0.460. The highest BCUT2D eigenvalue weighted by molar-refractivity contribution is 8.03. The van der Waals surface area contributed by atoms with E-state index in [1.165, 1.54) is 22.7 Å². The molecule has 4 nitrogen and oxygen atoms in total. The zero-order valence-electron chi connectivity index (χ0n) is 13.6. The number of hydrogen-bond donors (Lipinski definition) is 0. The number of anilines is 1. The van der Waals surface area contributed by atoms with Crippen molar-refractivity contribution in [2.24, 2.45) is 0 Å². The van der Waals surface area contributed by atoms with Crippen molar-refractivity contribution >= 4 is 34.9 Å². The number of ketones is 1. The number of hydrogen-bond acceptors (Lipinski definition) is 5. The van der Waals surface area contributed by atoms with Crippen molar-refractivity contribution in [3.8, 4) is 0 Å². The van der Waals surface area contributed by atoms with Crippen LogP contribution in [0.4, 0.5) is 5.69 Å². The van der Waals surface area contributed by atoms with E-state index in [4.69, 9.17) is 4.42 Å². The Kier molecular flexibility index (Phi) is 3.93. The monoisotopic (exact) mass is 349 g/mol. The highest BCUT2D eigenvalue weighted by atomic mass is 32.2. The molecule has 1 aliphatic heterocycles. The van der Waals surface area contributed by atoms with E-state index in [0.717, 1.165) is 17.1 Å². The summed E-state index contributed by atoms with van der Waals surface area (Å²) in [6.07, 6.45) is 6.83. The van der Waals surface area contributed by atoms with Crippen LogP contribution in [0.15, 0.2) is 73.8 Å². The van der Waals surface area contributed by atoms with E-state index in [0.29, 0.717) is 11.3 Å². The first-order valence-electron chi connectivity index (χ1n) is 8.00. The number of rotatable bonds is 2. The lowest BCUT2D eigenvalue weighted by atomic mass is 9.97. The zero-order valence-corrected chi connectivity index (χ0v) is 14.4. The van der Waals surface area contributed by atoms with Crippen LogP contribution in [0.5, 0.6) is 0 Å². The first-order valence-corrected chi connectivity index (χ1v) is 8.82. The molecule has 4 rings (SSSR count). The molecule has 0 atom stereocenters. The lowest BCUT2D eigenvalue weighted by Gasteiger charge is -2.17. The molecule has 5 heteroatoms. The third kappa shape index (κ3) is 2.76. The highest BCUT2D eigenvalue weighted by Gasteiger charge is 2.24. The highest BCUT2D eigenvalue weighted by Crippen LogP contribution is 2.45. The Morgan fingerprint density at radius 1 is 1.08 bits per heavy atom. The van der Waals surface area contributed by atoms with Gasteiger partial charge in [-0.2, -0.15) is 0 Å². The summed E-state index contributed by atoms with van der Waals surface area (Å²) >= 11 is 1.66. The molecule has 0 amide bonds. The van der Waals surface area contributed by atoms with Crippen molar-refractivity contribution in [3.05, 3.63) is 81.4 Å². The number of thioether (sulfide) groups is 1. The molecule has 0 unspecified atom stereocenters. The summed E-state index contributed by atoms with van der Waals surface area (Å²) < 4.78 is 5.27. The molecule has 25 heavy (non-hydrogen) atoms. The summed E-state index contributed by atoms with van der Waals surface area (Å²) in [7, 11) is 0.